The lowest BCUT2D eigenvalue weighted by molar-refractivity contribution is 0.0553. The average Bonchev–Trinajstić information content (AvgIpc) is 3.40. The number of fused-ring (bicyclic) bond motifs is 1. The number of nitrogens with zero attached hydrogens (tertiary/aromatic N) is 5. The molecule has 0 radical (unpaired) electrons. The minimum Gasteiger partial charge on any atom is -0.444 e. The second-order valence-corrected chi connectivity index (χ2v) is 10.6. The molecule has 1 aromatic carbocycles. The molecule has 1 aliphatic heterocycles. The van der Waals surface area contributed by atoms with Gasteiger partial charge in [0.1, 0.15) is 27.8 Å². The quantitative estimate of drug-likeness (QED) is 0.405. The van der Waals surface area contributed by atoms with E-state index in [2.05, 4.69) is 20.4 Å². The van der Waals surface area contributed by atoms with Crippen molar-refractivity contribution in [2.24, 2.45) is 4.99 Å². The zero-order valence-electron chi connectivity index (χ0n) is 20.7. The number of nitrogens with one attached hydrogen (secondary N) is 1. The first-order valence-corrected chi connectivity index (χ1v) is 12.1. The summed E-state index contributed by atoms with van der Waals surface area (Å²) in [6, 6.07) is 5.22. The van der Waals surface area contributed by atoms with Crippen LogP contribution in [-0.2, 0) is 23.2 Å². The number of ketones is 1. The van der Waals surface area contributed by atoms with E-state index in [9.17, 15) is 18.4 Å². The number of rotatable bonds is 5. The highest BCUT2D eigenvalue weighted by Gasteiger charge is 2.38. The molecule has 0 aliphatic carbocycles. The van der Waals surface area contributed by atoms with E-state index in [4.69, 9.17) is 27.9 Å². The number of benzene rings is 1. The molecule has 0 saturated carbocycles. The van der Waals surface area contributed by atoms with Gasteiger partial charge in [0.15, 0.2) is 22.6 Å². The molecule has 9 nitrogen and oxygen atoms in total. The molecule has 0 saturated heterocycles. The summed E-state index contributed by atoms with van der Waals surface area (Å²) in [5.74, 6) is -1.04. The van der Waals surface area contributed by atoms with Crippen LogP contribution in [0.1, 0.15) is 61.7 Å². The second-order valence-electron chi connectivity index (χ2n) is 9.84. The van der Waals surface area contributed by atoms with Gasteiger partial charge < -0.3 is 9.30 Å². The van der Waals surface area contributed by atoms with Crippen LogP contribution in [0.4, 0.5) is 18.0 Å². The topological polar surface area (TPSA) is 103 Å². The molecule has 202 valence electrons. The van der Waals surface area contributed by atoms with E-state index in [-0.39, 0.29) is 46.2 Å². The first kappa shape index (κ1) is 27.6. The monoisotopic (exact) mass is 570 g/mol. The van der Waals surface area contributed by atoms with Crippen LogP contribution >= 0.6 is 23.2 Å². The number of ether oxygens (including phenoxy) is 1. The minimum atomic E-state index is -2.88. The number of amidine groups is 1. The third-order valence-electron chi connectivity index (χ3n) is 5.59. The summed E-state index contributed by atoms with van der Waals surface area (Å²) in [6.07, 6.45) is -0.0349. The smallest absolute Gasteiger partial charge is 0.413 e. The van der Waals surface area contributed by atoms with E-state index >= 15 is 4.39 Å². The second kappa shape index (κ2) is 10.1. The molecule has 14 heteroatoms. The molecule has 1 aliphatic rings. The molecule has 0 spiro atoms. The Labute approximate surface area is 225 Å². The molecule has 3 heterocycles. The third-order valence-corrected chi connectivity index (χ3v) is 6.34. The van der Waals surface area contributed by atoms with Crippen molar-refractivity contribution < 1.29 is 27.5 Å². The van der Waals surface area contributed by atoms with Gasteiger partial charge in [-0.05, 0) is 51.5 Å². The molecule has 2 aromatic heterocycles. The molecule has 4 rings (SSSR count). The van der Waals surface area contributed by atoms with E-state index in [1.807, 2.05) is 0 Å². The van der Waals surface area contributed by atoms with Crippen LogP contribution in [0.3, 0.4) is 0 Å². The zero-order valence-corrected chi connectivity index (χ0v) is 22.2. The van der Waals surface area contributed by atoms with E-state index in [0.717, 1.165) is 6.20 Å². The van der Waals surface area contributed by atoms with Crippen LogP contribution in [0.25, 0.3) is 0 Å². The summed E-state index contributed by atoms with van der Waals surface area (Å²) < 4.78 is 48.0. The van der Waals surface area contributed by atoms with E-state index < -0.39 is 35.4 Å². The number of amides is 1. The van der Waals surface area contributed by atoms with Crippen LogP contribution < -0.4 is 5.32 Å². The van der Waals surface area contributed by atoms with Gasteiger partial charge in [-0.2, -0.15) is 13.9 Å². The van der Waals surface area contributed by atoms with Gasteiger partial charge in [0.25, 0.3) is 0 Å². The number of aliphatic imine (C=N–C) groups is 1. The number of halogens is 5. The van der Waals surface area contributed by atoms with Gasteiger partial charge in [-0.3, -0.25) is 15.1 Å². The maximum atomic E-state index is 15.2. The Kier molecular flexibility index (Phi) is 7.32. The average molecular weight is 571 g/mol. The van der Waals surface area contributed by atoms with Crippen molar-refractivity contribution in [1.82, 2.24) is 24.6 Å². The fourth-order valence-corrected chi connectivity index (χ4v) is 4.33. The number of imidazole rings is 1. The highest BCUT2D eigenvalue weighted by atomic mass is 35.5. The van der Waals surface area contributed by atoms with Crippen LogP contribution in [0.5, 0.6) is 0 Å². The fraction of sp³-hybridized carbons (Fsp3) is 0.375. The van der Waals surface area contributed by atoms with Crippen molar-refractivity contribution in [2.75, 3.05) is 0 Å². The zero-order chi connectivity index (χ0) is 28.0. The SMILES string of the molecule is CC(C)(C)OC(=O)NC1=NC(C)(c2cc(CC(=O)c3ccn(C(F)F)n3)ccc2F)Cn2c1nc(Cl)c2Cl. The highest BCUT2D eigenvalue weighted by molar-refractivity contribution is 6.41. The largest absolute Gasteiger partial charge is 0.444 e. The first-order chi connectivity index (χ1) is 17.7. The van der Waals surface area contributed by atoms with Gasteiger partial charge in [-0.1, -0.05) is 29.3 Å². The summed E-state index contributed by atoms with van der Waals surface area (Å²) in [6.45, 7) is 3.81. The van der Waals surface area contributed by atoms with Crippen molar-refractivity contribution in [3.63, 3.8) is 0 Å². The molecule has 1 unspecified atom stereocenters. The number of hydrogen-bond donors (Lipinski definition) is 1. The molecule has 1 N–H and O–H groups in total. The summed E-state index contributed by atoms with van der Waals surface area (Å²) in [4.78, 5) is 33.9. The molecule has 1 amide bonds. The van der Waals surface area contributed by atoms with Crippen molar-refractivity contribution in [3.8, 4) is 0 Å². The summed E-state index contributed by atoms with van der Waals surface area (Å²) in [5, 5.41) is 6.15. The Hall–Kier alpha value is -3.38. The van der Waals surface area contributed by atoms with Gasteiger partial charge >= 0.3 is 12.6 Å². The van der Waals surface area contributed by atoms with E-state index in [0.29, 0.717) is 10.2 Å². The van der Waals surface area contributed by atoms with Crippen LogP contribution in [0, 0.1) is 5.82 Å². The van der Waals surface area contributed by atoms with E-state index in [1.54, 1.807) is 27.7 Å². The van der Waals surface area contributed by atoms with Gasteiger partial charge in [-0.25, -0.2) is 18.9 Å². The fourth-order valence-electron chi connectivity index (χ4n) is 3.96. The standard InChI is InChI=1S/C24H23Cl2F3N6O3/c1-23(2,3)38-22(37)31-19-20-30-17(25)18(26)34(20)11-24(4,32-19)13-9-12(5-6-14(13)27)10-16(36)15-7-8-35(33-15)21(28)29/h5-9,21H,10-11H2,1-4H3,(H,31,32,37). The van der Waals surface area contributed by atoms with Crippen molar-refractivity contribution in [1.29, 1.82) is 0 Å². The van der Waals surface area contributed by atoms with Crippen molar-refractivity contribution in [2.45, 2.75) is 58.3 Å². The maximum Gasteiger partial charge on any atom is 0.413 e. The Morgan fingerprint density at radius 2 is 1.95 bits per heavy atom. The van der Waals surface area contributed by atoms with Crippen molar-refractivity contribution >= 4 is 40.9 Å². The lowest BCUT2D eigenvalue weighted by Crippen LogP contribution is -2.44. The lowest BCUT2D eigenvalue weighted by atomic mass is 9.88. The Balaban J connectivity index is 1.69. The number of alkyl halides is 2. The van der Waals surface area contributed by atoms with Gasteiger partial charge in [-0.15, -0.1) is 0 Å². The van der Waals surface area contributed by atoms with Crippen LogP contribution in [-0.4, -0.2) is 42.6 Å². The number of carbonyl (C=O) groups excluding carboxylic acids is 2. The first-order valence-electron chi connectivity index (χ1n) is 11.3. The molecular formula is C24H23Cl2F3N6O3. The van der Waals surface area contributed by atoms with Gasteiger partial charge in [0.05, 0.1) is 6.54 Å². The summed E-state index contributed by atoms with van der Waals surface area (Å²) >= 11 is 12.5. The van der Waals surface area contributed by atoms with Gasteiger partial charge in [0, 0.05) is 18.2 Å². The van der Waals surface area contributed by atoms with E-state index in [1.165, 1.54) is 28.8 Å². The number of aromatic nitrogens is 4. The minimum absolute atomic E-state index is 0.00744. The number of hydrogen-bond acceptors (Lipinski definition) is 6. The number of alkyl carbamates (subject to hydrolysis) is 1. The Morgan fingerprint density at radius 3 is 2.58 bits per heavy atom. The van der Waals surface area contributed by atoms with Crippen LogP contribution in [0.15, 0.2) is 35.5 Å². The van der Waals surface area contributed by atoms with Gasteiger partial charge in [0.2, 0.25) is 0 Å². The third kappa shape index (κ3) is 5.70. The molecule has 1 atom stereocenters. The summed E-state index contributed by atoms with van der Waals surface area (Å²) in [7, 11) is 0. The molecule has 0 bridgehead atoms. The maximum absolute atomic E-state index is 15.2. The predicted molar refractivity (Wildman–Crippen MR) is 133 cm³/mol. The Bertz CT molecular complexity index is 1450. The molecule has 3 aromatic rings. The molecular weight excluding hydrogens is 548 g/mol. The van der Waals surface area contributed by atoms with Crippen LogP contribution in [0.2, 0.25) is 10.3 Å². The Morgan fingerprint density at radius 1 is 1.24 bits per heavy atom. The molecule has 38 heavy (non-hydrogen) atoms. The molecule has 0 fully saturated rings. The highest BCUT2D eigenvalue weighted by Crippen LogP contribution is 2.37. The number of Topliss-reactive ketones (excluding diaryl/α,β-unsaturated/α-hetero) is 1. The number of carbonyl (C=O) groups is 2. The lowest BCUT2D eigenvalue weighted by Gasteiger charge is -2.33. The normalized spacial score (nSPS) is 17.3. The predicted octanol–water partition coefficient (Wildman–Crippen LogP) is 5.55. The van der Waals surface area contributed by atoms with Crippen molar-refractivity contribution in [3.05, 3.63) is 69.2 Å². The summed E-state index contributed by atoms with van der Waals surface area (Å²) in [5.41, 5.74) is -1.78.